The van der Waals surface area contributed by atoms with Crippen LogP contribution in [0.1, 0.15) is 29.8 Å². The van der Waals surface area contributed by atoms with E-state index in [0.29, 0.717) is 11.6 Å². The number of carboxylic acids is 1. The Morgan fingerprint density at radius 2 is 2.00 bits per heavy atom. The Morgan fingerprint density at radius 3 is 2.56 bits per heavy atom. The van der Waals surface area contributed by atoms with E-state index in [0.717, 1.165) is 25.1 Å². The lowest BCUT2D eigenvalue weighted by Gasteiger charge is -2.12. The highest BCUT2D eigenvalue weighted by Gasteiger charge is 2.12. The second-order valence-electron chi connectivity index (χ2n) is 4.75. The molecule has 0 amide bonds. The van der Waals surface area contributed by atoms with Crippen LogP contribution in [0.5, 0.6) is 0 Å². The number of nitrogen functional groups attached to an aromatic ring is 2. The molecule has 18 heavy (non-hydrogen) atoms. The third-order valence-corrected chi connectivity index (χ3v) is 2.73. The van der Waals surface area contributed by atoms with Crippen LogP contribution in [0, 0.1) is 5.92 Å². The zero-order valence-corrected chi connectivity index (χ0v) is 10.9. The smallest absolute Gasteiger partial charge is 0.337 e. The maximum absolute atomic E-state index is 10.9. The number of aromatic carboxylic acids is 1. The highest BCUT2D eigenvalue weighted by molar-refractivity contribution is 5.97. The number of carboxylic acid groups (broad SMARTS) is 1. The fraction of sp³-hybridized carbons (Fsp3) is 0.462. The number of rotatable bonds is 6. The van der Waals surface area contributed by atoms with Gasteiger partial charge in [-0.2, -0.15) is 0 Å². The molecule has 5 heteroatoms. The monoisotopic (exact) mass is 251 g/mol. The van der Waals surface area contributed by atoms with E-state index in [4.69, 9.17) is 16.6 Å². The van der Waals surface area contributed by atoms with Crippen LogP contribution in [0.3, 0.4) is 0 Å². The molecular weight excluding hydrogens is 230 g/mol. The van der Waals surface area contributed by atoms with Gasteiger partial charge in [-0.25, -0.2) is 4.79 Å². The zero-order chi connectivity index (χ0) is 13.7. The van der Waals surface area contributed by atoms with Crippen molar-refractivity contribution in [1.29, 1.82) is 0 Å². The molecule has 0 saturated heterocycles. The average Bonchev–Trinajstić information content (AvgIpc) is 2.29. The fourth-order valence-electron chi connectivity index (χ4n) is 1.70. The van der Waals surface area contributed by atoms with Crippen LogP contribution in [0.2, 0.25) is 0 Å². The largest absolute Gasteiger partial charge is 0.478 e. The number of hydrogen-bond donors (Lipinski definition) is 4. The van der Waals surface area contributed by atoms with Gasteiger partial charge >= 0.3 is 5.97 Å². The molecule has 1 aromatic carbocycles. The molecule has 0 bridgehead atoms. The second-order valence-corrected chi connectivity index (χ2v) is 4.75. The molecule has 1 aromatic rings. The molecule has 0 aliphatic heterocycles. The van der Waals surface area contributed by atoms with E-state index in [1.165, 1.54) is 6.07 Å². The number of benzene rings is 1. The normalized spacial score (nSPS) is 10.8. The van der Waals surface area contributed by atoms with Crippen molar-refractivity contribution in [2.75, 3.05) is 24.6 Å². The quantitative estimate of drug-likeness (QED) is 0.451. The summed E-state index contributed by atoms with van der Waals surface area (Å²) in [5.74, 6) is -0.453. The lowest BCUT2D eigenvalue weighted by molar-refractivity contribution is 0.0698. The first-order chi connectivity index (χ1) is 8.43. The van der Waals surface area contributed by atoms with E-state index in [9.17, 15) is 4.79 Å². The number of nitrogens with one attached hydrogen (secondary N) is 1. The number of nitrogens with two attached hydrogens (primary N) is 2. The SMILES string of the molecule is CC(C)CNCCc1ccc(C(=O)O)c(N)c1N. The van der Waals surface area contributed by atoms with Gasteiger partial charge in [0.2, 0.25) is 0 Å². The standard InChI is InChI=1S/C13H21N3O2/c1-8(2)7-16-6-5-9-3-4-10(13(17)18)12(15)11(9)14/h3-4,8,16H,5-7,14-15H2,1-2H3,(H,17,18). The van der Waals surface area contributed by atoms with Crippen LogP contribution in [0.4, 0.5) is 11.4 Å². The van der Waals surface area contributed by atoms with Crippen molar-refractivity contribution >= 4 is 17.3 Å². The number of hydrogen-bond acceptors (Lipinski definition) is 4. The maximum Gasteiger partial charge on any atom is 0.337 e. The van der Waals surface area contributed by atoms with Crippen LogP contribution >= 0.6 is 0 Å². The average molecular weight is 251 g/mol. The van der Waals surface area contributed by atoms with Crippen LogP contribution in [0.25, 0.3) is 0 Å². The zero-order valence-electron chi connectivity index (χ0n) is 10.9. The van der Waals surface area contributed by atoms with Gasteiger partial charge in [-0.05, 0) is 37.1 Å². The highest BCUT2D eigenvalue weighted by atomic mass is 16.4. The molecule has 100 valence electrons. The molecule has 0 aromatic heterocycles. The molecule has 0 aliphatic rings. The van der Waals surface area contributed by atoms with Gasteiger partial charge in [0.05, 0.1) is 16.9 Å². The highest BCUT2D eigenvalue weighted by Crippen LogP contribution is 2.24. The summed E-state index contributed by atoms with van der Waals surface area (Å²) in [7, 11) is 0. The Morgan fingerprint density at radius 1 is 1.33 bits per heavy atom. The minimum atomic E-state index is -1.05. The Hall–Kier alpha value is -1.75. The van der Waals surface area contributed by atoms with Gasteiger partial charge in [0, 0.05) is 0 Å². The summed E-state index contributed by atoms with van der Waals surface area (Å²) in [6.07, 6.45) is 0.739. The number of carbonyl (C=O) groups is 1. The summed E-state index contributed by atoms with van der Waals surface area (Å²) in [5, 5.41) is 12.2. The van der Waals surface area contributed by atoms with Crippen LogP contribution < -0.4 is 16.8 Å². The van der Waals surface area contributed by atoms with Crippen molar-refractivity contribution in [3.05, 3.63) is 23.3 Å². The molecule has 0 heterocycles. The number of anilines is 2. The van der Waals surface area contributed by atoms with Crippen molar-refractivity contribution < 1.29 is 9.90 Å². The first-order valence-electron chi connectivity index (χ1n) is 6.04. The first-order valence-corrected chi connectivity index (χ1v) is 6.04. The van der Waals surface area contributed by atoms with Gasteiger partial charge in [-0.15, -0.1) is 0 Å². The van der Waals surface area contributed by atoms with E-state index in [-0.39, 0.29) is 11.3 Å². The van der Waals surface area contributed by atoms with Gasteiger partial charge in [-0.1, -0.05) is 19.9 Å². The Labute approximate surface area is 107 Å². The summed E-state index contributed by atoms with van der Waals surface area (Å²) < 4.78 is 0. The molecule has 1 rings (SSSR count). The van der Waals surface area contributed by atoms with Crippen LogP contribution in [0.15, 0.2) is 12.1 Å². The third-order valence-electron chi connectivity index (χ3n) is 2.73. The lowest BCUT2D eigenvalue weighted by atomic mass is 10.0. The van der Waals surface area contributed by atoms with Crippen LogP contribution in [-0.4, -0.2) is 24.2 Å². The molecule has 0 atom stereocenters. The fourth-order valence-corrected chi connectivity index (χ4v) is 1.70. The topological polar surface area (TPSA) is 101 Å². The van der Waals surface area contributed by atoms with Gasteiger partial charge < -0.3 is 21.9 Å². The predicted molar refractivity (Wildman–Crippen MR) is 73.6 cm³/mol. The molecule has 0 saturated carbocycles. The van der Waals surface area contributed by atoms with Crippen molar-refractivity contribution in [2.24, 2.45) is 5.92 Å². The Kier molecular flexibility index (Phi) is 4.97. The second kappa shape index (κ2) is 6.26. The summed E-state index contributed by atoms with van der Waals surface area (Å²) in [6, 6.07) is 3.23. The van der Waals surface area contributed by atoms with E-state index in [1.54, 1.807) is 6.07 Å². The van der Waals surface area contributed by atoms with Crippen molar-refractivity contribution in [2.45, 2.75) is 20.3 Å². The predicted octanol–water partition coefficient (Wildman–Crippen LogP) is 1.34. The molecule has 6 N–H and O–H groups in total. The summed E-state index contributed by atoms with van der Waals surface area (Å²) in [5.41, 5.74) is 13.0. The van der Waals surface area contributed by atoms with Crippen molar-refractivity contribution in [3.8, 4) is 0 Å². The summed E-state index contributed by atoms with van der Waals surface area (Å²) in [4.78, 5) is 10.9. The summed E-state index contributed by atoms with van der Waals surface area (Å²) >= 11 is 0. The maximum atomic E-state index is 10.9. The van der Waals surface area contributed by atoms with Gasteiger partial charge in [0.25, 0.3) is 0 Å². The van der Waals surface area contributed by atoms with Gasteiger partial charge in [0.15, 0.2) is 0 Å². The molecule has 0 spiro atoms. The molecule has 0 radical (unpaired) electrons. The molecule has 5 nitrogen and oxygen atoms in total. The molecular formula is C13H21N3O2. The van der Waals surface area contributed by atoms with Gasteiger partial charge in [-0.3, -0.25) is 0 Å². The molecule has 0 unspecified atom stereocenters. The van der Waals surface area contributed by atoms with E-state index < -0.39 is 5.97 Å². The van der Waals surface area contributed by atoms with Crippen LogP contribution in [-0.2, 0) is 6.42 Å². The minimum absolute atomic E-state index is 0.0615. The Balaban J connectivity index is 2.68. The third kappa shape index (κ3) is 3.63. The Bertz CT molecular complexity index is 430. The van der Waals surface area contributed by atoms with Gasteiger partial charge in [0.1, 0.15) is 0 Å². The molecule has 0 aliphatic carbocycles. The minimum Gasteiger partial charge on any atom is -0.478 e. The summed E-state index contributed by atoms with van der Waals surface area (Å²) in [6.45, 7) is 6.03. The van der Waals surface area contributed by atoms with E-state index in [1.807, 2.05) is 0 Å². The lowest BCUT2D eigenvalue weighted by Crippen LogP contribution is -2.22. The first kappa shape index (κ1) is 14.3. The molecule has 0 fully saturated rings. The van der Waals surface area contributed by atoms with E-state index in [2.05, 4.69) is 19.2 Å². The van der Waals surface area contributed by atoms with E-state index >= 15 is 0 Å². The van der Waals surface area contributed by atoms with Crippen molar-refractivity contribution in [3.63, 3.8) is 0 Å². The van der Waals surface area contributed by atoms with Crippen molar-refractivity contribution in [1.82, 2.24) is 5.32 Å².